The van der Waals surface area contributed by atoms with Crippen LogP contribution in [0.1, 0.15) is 12.8 Å². The fourth-order valence-corrected chi connectivity index (χ4v) is 0.125. The van der Waals surface area contributed by atoms with Crippen molar-refractivity contribution in [2.24, 2.45) is 0 Å². The summed E-state index contributed by atoms with van der Waals surface area (Å²) < 4.78 is 0. The molecule has 2 heteroatoms. The van der Waals surface area contributed by atoms with Crippen LogP contribution in [0.25, 0.3) is 0 Å². The molecule has 0 aromatic heterocycles. The van der Waals surface area contributed by atoms with Crippen molar-refractivity contribution in [1.29, 1.82) is 0 Å². The van der Waals surface area contributed by atoms with Crippen LogP contribution in [0.5, 0.6) is 0 Å². The number of ketones is 1. The molecule has 0 saturated carbocycles. The maximum atomic E-state index is 10.1. The predicted octanol–water partition coefficient (Wildman–Crippen LogP) is 1.00. The molecule has 0 N–H and O–H groups in total. The maximum Gasteiger partial charge on any atom is 0.0733 e. The van der Waals surface area contributed by atoms with Gasteiger partial charge in [0.25, 0.3) is 0 Å². The van der Waals surface area contributed by atoms with Crippen LogP contribution < -0.4 is 0 Å². The minimum atomic E-state index is 0. The van der Waals surface area contributed by atoms with Gasteiger partial charge in [-0.3, -0.25) is 0 Å². The second-order valence-electron chi connectivity index (χ2n) is 1.04. The van der Waals surface area contributed by atoms with E-state index in [1.54, 1.807) is 0 Å². The van der Waals surface area contributed by atoms with E-state index in [-0.39, 0.29) is 38.5 Å². The summed E-state index contributed by atoms with van der Waals surface area (Å²) in [4.78, 5) is 10.1. The van der Waals surface area contributed by atoms with Gasteiger partial charge in [0.15, 0.2) is 0 Å². The van der Waals surface area contributed by atoms with E-state index in [0.29, 0.717) is 12.8 Å². The van der Waals surface area contributed by atoms with Gasteiger partial charge in [-0.05, 0) is 0 Å². The van der Waals surface area contributed by atoms with Crippen LogP contribution in [0.4, 0.5) is 0 Å². The normalized spacial score (nSPS) is 7.14. The van der Waals surface area contributed by atoms with Crippen LogP contribution in [0, 0.1) is 13.8 Å². The Morgan fingerprint density at radius 1 is 1.29 bits per heavy atom. The minimum Gasteiger partial charge on any atom is -0.336 e. The Morgan fingerprint density at radius 2 is 1.57 bits per heavy atom. The largest absolute Gasteiger partial charge is 0.336 e. The molecule has 0 amide bonds. The van der Waals surface area contributed by atoms with Crippen LogP contribution in [-0.2, 0) is 37.5 Å². The first-order valence-electron chi connectivity index (χ1n) is 1.91. The van der Waals surface area contributed by atoms with Crippen molar-refractivity contribution in [1.82, 2.24) is 0 Å². The van der Waals surface area contributed by atoms with Gasteiger partial charge in [-0.2, -0.15) is 0 Å². The molecule has 0 aliphatic heterocycles. The average Bonchev–Trinajstić information content (AvgIpc) is 1.65. The summed E-state index contributed by atoms with van der Waals surface area (Å²) in [6.07, 6.45) is 0.757. The summed E-state index contributed by atoms with van der Waals surface area (Å²) in [6.45, 7) is 6.73. The molecular weight excluding hydrogens is 165 g/mol. The summed E-state index contributed by atoms with van der Waals surface area (Å²) in [5.74, 6) is 0.120. The molecule has 0 aromatic rings. The zero-order valence-corrected chi connectivity index (χ0v) is 7.15. The molecule has 0 bridgehead atoms. The van der Waals surface area contributed by atoms with Crippen molar-refractivity contribution in [3.05, 3.63) is 13.8 Å². The summed E-state index contributed by atoms with van der Waals surface area (Å²) in [6, 6.07) is 0. The molecule has 0 spiro atoms. The van der Waals surface area contributed by atoms with Gasteiger partial charge in [-0.25, -0.2) is 0 Å². The first-order valence-corrected chi connectivity index (χ1v) is 1.91. The number of Topliss-reactive ketones (excluding diaryl/α,β-unsaturated/α-hetero) is 1. The molecule has 7 heavy (non-hydrogen) atoms. The zero-order chi connectivity index (χ0) is 4.99. The monoisotopic (exact) mass is 173 g/mol. The molecule has 0 saturated heterocycles. The molecule has 0 fully saturated rings. The maximum absolute atomic E-state index is 10.1. The van der Waals surface area contributed by atoms with Gasteiger partial charge in [0, 0.05) is 32.7 Å². The molecular formula is C5H8OY-2. The molecule has 0 aliphatic rings. The average molecular weight is 173 g/mol. The van der Waals surface area contributed by atoms with Gasteiger partial charge < -0.3 is 18.6 Å². The Hall–Kier alpha value is 0.774. The van der Waals surface area contributed by atoms with Gasteiger partial charge in [0.05, 0.1) is 5.78 Å². The molecule has 0 rings (SSSR count). The number of rotatable bonds is 2. The molecule has 0 unspecified atom stereocenters. The van der Waals surface area contributed by atoms with Crippen molar-refractivity contribution in [2.45, 2.75) is 12.8 Å². The molecule has 0 atom stereocenters. The minimum absolute atomic E-state index is 0. The van der Waals surface area contributed by atoms with E-state index in [2.05, 4.69) is 13.8 Å². The Morgan fingerprint density at radius 3 is 1.57 bits per heavy atom. The van der Waals surface area contributed by atoms with Crippen molar-refractivity contribution in [3.8, 4) is 0 Å². The standard InChI is InChI=1S/C5H8O.Y/c1-3-5(6)4-2;/h1-4H2;/q-2;. The first-order chi connectivity index (χ1) is 2.81. The molecule has 39 valence electrons. The molecule has 0 aliphatic carbocycles. The van der Waals surface area contributed by atoms with E-state index in [9.17, 15) is 4.79 Å². The van der Waals surface area contributed by atoms with E-state index < -0.39 is 0 Å². The van der Waals surface area contributed by atoms with Crippen LogP contribution in [0.2, 0.25) is 0 Å². The van der Waals surface area contributed by atoms with E-state index in [0.717, 1.165) is 0 Å². The number of carbonyl (C=O) groups is 1. The molecule has 0 aromatic carbocycles. The smallest absolute Gasteiger partial charge is 0.0733 e. The molecule has 1 radical (unpaired) electrons. The number of hydrogen-bond acceptors (Lipinski definition) is 1. The summed E-state index contributed by atoms with van der Waals surface area (Å²) >= 11 is 0. The third-order valence-electron chi connectivity index (χ3n) is 0.558. The Kier molecular flexibility index (Phi) is 10.4. The van der Waals surface area contributed by atoms with Crippen molar-refractivity contribution in [3.63, 3.8) is 0 Å². The quantitative estimate of drug-likeness (QED) is 0.569. The van der Waals surface area contributed by atoms with Crippen LogP contribution in [0.15, 0.2) is 0 Å². The number of hydrogen-bond donors (Lipinski definition) is 0. The number of carbonyl (C=O) groups excluding carboxylic acids is 1. The third-order valence-corrected chi connectivity index (χ3v) is 0.558. The van der Waals surface area contributed by atoms with E-state index in [1.807, 2.05) is 0 Å². The van der Waals surface area contributed by atoms with Gasteiger partial charge in [-0.15, -0.1) is 12.8 Å². The Balaban J connectivity index is 0. The van der Waals surface area contributed by atoms with Gasteiger partial charge in [0.2, 0.25) is 0 Å². The van der Waals surface area contributed by atoms with Crippen molar-refractivity contribution in [2.75, 3.05) is 0 Å². The SMILES string of the molecule is [CH2-]CC(=O)C[CH2-].[Y]. The topological polar surface area (TPSA) is 17.1 Å². The fourth-order valence-electron chi connectivity index (χ4n) is 0.125. The van der Waals surface area contributed by atoms with Crippen LogP contribution >= 0.6 is 0 Å². The van der Waals surface area contributed by atoms with Crippen LogP contribution in [-0.4, -0.2) is 5.78 Å². The molecule has 0 heterocycles. The van der Waals surface area contributed by atoms with Crippen molar-refractivity contribution < 1.29 is 37.5 Å². The first kappa shape index (κ1) is 10.7. The summed E-state index contributed by atoms with van der Waals surface area (Å²) in [5, 5.41) is 0. The van der Waals surface area contributed by atoms with E-state index >= 15 is 0 Å². The second-order valence-corrected chi connectivity index (χ2v) is 1.04. The Labute approximate surface area is 69.7 Å². The second kappa shape index (κ2) is 6.77. The van der Waals surface area contributed by atoms with E-state index in [1.165, 1.54) is 0 Å². The fraction of sp³-hybridized carbons (Fsp3) is 0.400. The van der Waals surface area contributed by atoms with Gasteiger partial charge in [0.1, 0.15) is 0 Å². The third kappa shape index (κ3) is 6.77. The Bertz CT molecular complexity index is 46.0. The summed E-state index contributed by atoms with van der Waals surface area (Å²) in [5.41, 5.74) is 0. The van der Waals surface area contributed by atoms with Crippen molar-refractivity contribution >= 4 is 5.78 Å². The van der Waals surface area contributed by atoms with Gasteiger partial charge >= 0.3 is 0 Å². The predicted molar refractivity (Wildman–Crippen MR) is 25.0 cm³/mol. The van der Waals surface area contributed by atoms with E-state index in [4.69, 9.17) is 0 Å². The summed E-state index contributed by atoms with van der Waals surface area (Å²) in [7, 11) is 0. The van der Waals surface area contributed by atoms with Crippen LogP contribution in [0.3, 0.4) is 0 Å². The van der Waals surface area contributed by atoms with Gasteiger partial charge in [-0.1, -0.05) is 0 Å². The zero-order valence-electron chi connectivity index (χ0n) is 4.31. The molecule has 1 nitrogen and oxygen atoms in total.